The van der Waals surface area contributed by atoms with Gasteiger partial charge in [-0.1, -0.05) is 6.07 Å². The molecule has 0 bridgehead atoms. The third kappa shape index (κ3) is 3.66. The summed E-state index contributed by atoms with van der Waals surface area (Å²) in [5.74, 6) is 0.865. The van der Waals surface area contributed by atoms with Crippen molar-refractivity contribution in [3.8, 4) is 5.75 Å². The number of thiophene rings is 1. The van der Waals surface area contributed by atoms with Crippen LogP contribution in [0.5, 0.6) is 5.75 Å². The van der Waals surface area contributed by atoms with E-state index in [2.05, 4.69) is 50.7 Å². The lowest BCUT2D eigenvalue weighted by Crippen LogP contribution is -2.21. The molecule has 0 aliphatic rings. The fraction of sp³-hybridized carbons (Fsp3) is 0.238. The van der Waals surface area contributed by atoms with Gasteiger partial charge in [0.1, 0.15) is 5.75 Å². The van der Waals surface area contributed by atoms with Gasteiger partial charge >= 0.3 is 0 Å². The number of benzene rings is 1. The fourth-order valence-electron chi connectivity index (χ4n) is 3.28. The van der Waals surface area contributed by atoms with Crippen molar-refractivity contribution >= 4 is 28.1 Å². The number of hydrogen-bond donors (Lipinski definition) is 0. The number of anilines is 1. The molecule has 6 heteroatoms. The molecule has 0 atom stereocenters. The molecule has 1 aromatic carbocycles. The summed E-state index contributed by atoms with van der Waals surface area (Å²) < 4.78 is 7.14. The lowest BCUT2D eigenvalue weighted by molar-refractivity contribution is 0.415. The van der Waals surface area contributed by atoms with Crippen molar-refractivity contribution in [3.05, 3.63) is 70.2 Å². The predicted molar refractivity (Wildman–Crippen MR) is 110 cm³/mol. The van der Waals surface area contributed by atoms with Gasteiger partial charge in [0, 0.05) is 35.7 Å². The lowest BCUT2D eigenvalue weighted by atomic mass is 10.1. The molecule has 0 aliphatic heterocycles. The summed E-state index contributed by atoms with van der Waals surface area (Å²) in [6, 6.07) is 14.7. The number of rotatable bonds is 6. The Bertz CT molecular complexity index is 1040. The summed E-state index contributed by atoms with van der Waals surface area (Å²) in [5, 5.41) is 7.71. The number of hydrogen-bond acceptors (Lipinski definition) is 5. The van der Waals surface area contributed by atoms with E-state index in [4.69, 9.17) is 4.74 Å². The van der Waals surface area contributed by atoms with Crippen LogP contribution in [0.25, 0.3) is 11.0 Å². The number of nitrogens with zero attached hydrogens (tertiary/aromatic N) is 4. The molecule has 0 amide bonds. The van der Waals surface area contributed by atoms with Gasteiger partial charge in [-0.25, -0.2) is 4.98 Å². The fourth-order valence-corrected chi connectivity index (χ4v) is 4.00. The first-order valence-corrected chi connectivity index (χ1v) is 9.71. The highest BCUT2D eigenvalue weighted by molar-refractivity contribution is 7.09. The second-order valence-corrected chi connectivity index (χ2v) is 7.59. The number of pyridine rings is 1. The molecule has 0 aliphatic carbocycles. The van der Waals surface area contributed by atoms with E-state index in [1.165, 1.54) is 10.4 Å². The molecule has 4 rings (SSSR count). The highest BCUT2D eigenvalue weighted by Crippen LogP contribution is 2.25. The van der Waals surface area contributed by atoms with Gasteiger partial charge in [-0.15, -0.1) is 11.3 Å². The third-order valence-electron chi connectivity index (χ3n) is 4.66. The molecule has 0 spiro atoms. The maximum absolute atomic E-state index is 5.30. The Labute approximate surface area is 162 Å². The maximum atomic E-state index is 5.30. The quantitative estimate of drug-likeness (QED) is 0.493. The minimum absolute atomic E-state index is 0.779. The predicted octanol–water partition coefficient (Wildman–Crippen LogP) is 4.55. The molecule has 5 nitrogen and oxygen atoms in total. The Balaban J connectivity index is 1.66. The molecule has 27 heavy (non-hydrogen) atoms. The smallest absolute Gasteiger partial charge is 0.157 e. The van der Waals surface area contributed by atoms with Crippen molar-refractivity contribution in [2.24, 2.45) is 7.05 Å². The molecule has 0 N–H and O–H groups in total. The van der Waals surface area contributed by atoms with Crippen LogP contribution in [0.15, 0.2) is 54.0 Å². The number of methoxy groups -OCH3 is 1. The van der Waals surface area contributed by atoms with Crippen molar-refractivity contribution in [3.63, 3.8) is 0 Å². The SMILES string of the molecule is COc1ccc(N(Cc2cnc3c(c2)c(C)nn3C)Cc2cccs2)cc1. The van der Waals surface area contributed by atoms with Crippen LogP contribution in [-0.4, -0.2) is 21.9 Å². The summed E-state index contributed by atoms with van der Waals surface area (Å²) in [6.45, 7) is 3.66. The van der Waals surface area contributed by atoms with Crippen molar-refractivity contribution in [1.29, 1.82) is 0 Å². The second kappa shape index (κ2) is 7.40. The van der Waals surface area contributed by atoms with Crippen LogP contribution < -0.4 is 9.64 Å². The average molecular weight is 379 g/mol. The standard InChI is InChI=1S/C21H22N4OS/c1-15-20-11-16(12-22-21(20)24(2)23-15)13-25(14-19-5-4-10-27-19)17-6-8-18(26-3)9-7-17/h4-12H,13-14H2,1-3H3. The molecule has 138 valence electrons. The summed E-state index contributed by atoms with van der Waals surface area (Å²) in [6.07, 6.45) is 1.95. The van der Waals surface area contributed by atoms with Gasteiger partial charge in [-0.2, -0.15) is 5.10 Å². The molecule has 0 saturated heterocycles. The van der Waals surface area contributed by atoms with Crippen molar-refractivity contribution in [1.82, 2.24) is 14.8 Å². The number of aryl methyl sites for hydroxylation is 2. The van der Waals surface area contributed by atoms with Crippen molar-refractivity contribution < 1.29 is 4.74 Å². The summed E-state index contributed by atoms with van der Waals surface area (Å²) >= 11 is 1.78. The zero-order valence-corrected chi connectivity index (χ0v) is 16.5. The molecule has 0 fully saturated rings. The summed E-state index contributed by atoms with van der Waals surface area (Å²) in [7, 11) is 3.62. The zero-order chi connectivity index (χ0) is 18.8. The van der Waals surface area contributed by atoms with E-state index in [9.17, 15) is 0 Å². The Hall–Kier alpha value is -2.86. The van der Waals surface area contributed by atoms with Crippen molar-refractivity contribution in [2.45, 2.75) is 20.0 Å². The molecule has 0 unspecified atom stereocenters. The minimum Gasteiger partial charge on any atom is -0.497 e. The number of ether oxygens (including phenoxy) is 1. The molecule has 0 saturated carbocycles. The largest absolute Gasteiger partial charge is 0.497 e. The van der Waals surface area contributed by atoms with Gasteiger partial charge in [0.25, 0.3) is 0 Å². The highest BCUT2D eigenvalue weighted by atomic mass is 32.1. The Morgan fingerprint density at radius 2 is 1.96 bits per heavy atom. The molecule has 4 aromatic rings. The van der Waals surface area contributed by atoms with E-state index in [1.54, 1.807) is 18.4 Å². The third-order valence-corrected chi connectivity index (χ3v) is 5.52. The van der Waals surface area contributed by atoms with Crippen molar-refractivity contribution in [2.75, 3.05) is 12.0 Å². The summed E-state index contributed by atoms with van der Waals surface area (Å²) in [4.78, 5) is 8.32. The van der Waals surface area contributed by atoms with Crippen LogP contribution in [-0.2, 0) is 20.1 Å². The first kappa shape index (κ1) is 17.5. The van der Waals surface area contributed by atoms with E-state index >= 15 is 0 Å². The van der Waals surface area contributed by atoms with Crippen LogP contribution in [0.4, 0.5) is 5.69 Å². The van der Waals surface area contributed by atoms with Gasteiger partial charge in [-0.3, -0.25) is 4.68 Å². The second-order valence-electron chi connectivity index (χ2n) is 6.56. The number of aromatic nitrogens is 3. The highest BCUT2D eigenvalue weighted by Gasteiger charge is 2.12. The molecule has 3 heterocycles. The lowest BCUT2D eigenvalue weighted by Gasteiger charge is -2.24. The molecule has 0 radical (unpaired) electrons. The molecule has 3 aromatic heterocycles. The maximum Gasteiger partial charge on any atom is 0.157 e. The Morgan fingerprint density at radius 1 is 1.15 bits per heavy atom. The topological polar surface area (TPSA) is 43.2 Å². The van der Waals surface area contributed by atoms with E-state index in [0.717, 1.165) is 41.3 Å². The van der Waals surface area contributed by atoms with Crippen LogP contribution >= 0.6 is 11.3 Å². The normalized spacial score (nSPS) is 11.1. The van der Waals surface area contributed by atoms with E-state index in [-0.39, 0.29) is 0 Å². The van der Waals surface area contributed by atoms with E-state index in [1.807, 2.05) is 37.0 Å². The van der Waals surface area contributed by atoms with Crippen LogP contribution in [0.3, 0.4) is 0 Å². The Kier molecular flexibility index (Phi) is 4.81. The van der Waals surface area contributed by atoms with Gasteiger partial charge in [0.15, 0.2) is 5.65 Å². The van der Waals surface area contributed by atoms with Gasteiger partial charge < -0.3 is 9.64 Å². The molecular formula is C21H22N4OS. The number of fused-ring (bicyclic) bond motifs is 1. The first-order chi connectivity index (χ1) is 13.1. The van der Waals surface area contributed by atoms with Crippen LogP contribution in [0.2, 0.25) is 0 Å². The Morgan fingerprint density at radius 3 is 2.67 bits per heavy atom. The average Bonchev–Trinajstić information content (AvgIpc) is 3.29. The van der Waals surface area contributed by atoms with E-state index in [0.29, 0.717) is 0 Å². The molecular weight excluding hydrogens is 356 g/mol. The minimum atomic E-state index is 0.779. The van der Waals surface area contributed by atoms with Gasteiger partial charge in [0.05, 0.1) is 19.3 Å². The van der Waals surface area contributed by atoms with Crippen LogP contribution in [0.1, 0.15) is 16.1 Å². The van der Waals surface area contributed by atoms with Gasteiger partial charge in [0.2, 0.25) is 0 Å². The first-order valence-electron chi connectivity index (χ1n) is 8.83. The zero-order valence-electron chi connectivity index (χ0n) is 15.7. The monoisotopic (exact) mass is 378 g/mol. The summed E-state index contributed by atoms with van der Waals surface area (Å²) in [5.41, 5.74) is 4.26. The van der Waals surface area contributed by atoms with Crippen LogP contribution in [0, 0.1) is 6.92 Å². The van der Waals surface area contributed by atoms with Gasteiger partial charge in [-0.05, 0) is 54.3 Å². The van der Waals surface area contributed by atoms with E-state index < -0.39 is 0 Å².